The first-order valence-electron chi connectivity index (χ1n) is 10.8. The van der Waals surface area contributed by atoms with Gasteiger partial charge in [0.25, 0.3) is 5.56 Å². The molecule has 0 saturated heterocycles. The fraction of sp³-hybridized carbons (Fsp3) is 0.0370. The molecule has 0 spiro atoms. The highest BCUT2D eigenvalue weighted by molar-refractivity contribution is 6.30. The lowest BCUT2D eigenvalue weighted by atomic mass is 10.1. The van der Waals surface area contributed by atoms with Crippen LogP contribution >= 0.6 is 11.6 Å². The molecule has 8 heteroatoms. The SMILES string of the molecule is Cc1c(C#N)c2nc3ccccc3n2c(=O)c1=CNc1ccc2oc(-c3ccc(Cl)cc3)nc2c1. The van der Waals surface area contributed by atoms with E-state index in [9.17, 15) is 10.1 Å². The number of benzene rings is 3. The molecule has 0 unspecified atom stereocenters. The van der Waals surface area contributed by atoms with Crippen molar-refractivity contribution in [1.29, 1.82) is 5.26 Å². The Labute approximate surface area is 203 Å². The number of nitrogens with one attached hydrogen (secondary N) is 1. The fourth-order valence-electron chi connectivity index (χ4n) is 4.17. The summed E-state index contributed by atoms with van der Waals surface area (Å²) in [5.74, 6) is 0.492. The van der Waals surface area contributed by atoms with Gasteiger partial charge in [-0.1, -0.05) is 23.7 Å². The lowest BCUT2D eigenvalue weighted by Crippen LogP contribution is -2.34. The van der Waals surface area contributed by atoms with Gasteiger partial charge in [-0.25, -0.2) is 9.97 Å². The van der Waals surface area contributed by atoms with Crippen LogP contribution in [-0.2, 0) is 0 Å². The molecule has 0 radical (unpaired) electrons. The van der Waals surface area contributed by atoms with E-state index in [2.05, 4.69) is 21.4 Å². The molecule has 7 nitrogen and oxygen atoms in total. The maximum Gasteiger partial charge on any atom is 0.265 e. The summed E-state index contributed by atoms with van der Waals surface area (Å²) in [6, 6.07) is 22.3. The van der Waals surface area contributed by atoms with E-state index in [0.717, 1.165) is 11.3 Å². The number of oxazole rings is 1. The van der Waals surface area contributed by atoms with E-state index >= 15 is 0 Å². The Morgan fingerprint density at radius 2 is 1.86 bits per heavy atom. The average molecular weight is 478 g/mol. The van der Waals surface area contributed by atoms with E-state index in [1.807, 2.05) is 54.6 Å². The molecule has 0 amide bonds. The molecule has 168 valence electrons. The van der Waals surface area contributed by atoms with E-state index in [0.29, 0.717) is 55.0 Å². The Morgan fingerprint density at radius 1 is 1.06 bits per heavy atom. The van der Waals surface area contributed by atoms with E-state index in [1.54, 1.807) is 25.3 Å². The molecular weight excluding hydrogens is 462 g/mol. The van der Waals surface area contributed by atoms with Crippen LogP contribution in [-0.4, -0.2) is 14.4 Å². The van der Waals surface area contributed by atoms with Crippen molar-refractivity contribution >= 4 is 51.3 Å². The van der Waals surface area contributed by atoms with Gasteiger partial charge in [0.05, 0.1) is 21.8 Å². The number of pyridine rings is 1. The predicted molar refractivity (Wildman–Crippen MR) is 136 cm³/mol. The summed E-state index contributed by atoms with van der Waals surface area (Å²) in [6.07, 6.45) is 1.62. The van der Waals surface area contributed by atoms with Gasteiger partial charge in [-0.15, -0.1) is 0 Å². The average Bonchev–Trinajstić information content (AvgIpc) is 3.46. The Kier molecular flexibility index (Phi) is 4.76. The van der Waals surface area contributed by atoms with Crippen LogP contribution in [0.4, 0.5) is 5.69 Å². The molecule has 1 N–H and O–H groups in total. The summed E-state index contributed by atoms with van der Waals surface area (Å²) < 4.78 is 7.37. The van der Waals surface area contributed by atoms with Crippen molar-refractivity contribution in [3.63, 3.8) is 0 Å². The van der Waals surface area contributed by atoms with Crippen LogP contribution in [0.1, 0.15) is 11.1 Å². The van der Waals surface area contributed by atoms with Gasteiger partial charge in [-0.05, 0) is 67.1 Å². The Morgan fingerprint density at radius 3 is 2.66 bits per heavy atom. The highest BCUT2D eigenvalue weighted by Gasteiger charge is 2.16. The van der Waals surface area contributed by atoms with Gasteiger partial charge in [0.15, 0.2) is 11.2 Å². The zero-order chi connectivity index (χ0) is 24.1. The number of aromatic nitrogens is 3. The summed E-state index contributed by atoms with van der Waals surface area (Å²) in [4.78, 5) is 22.5. The van der Waals surface area contributed by atoms with Crippen LogP contribution in [0.25, 0.3) is 45.4 Å². The molecule has 6 aromatic rings. The fourth-order valence-corrected chi connectivity index (χ4v) is 4.30. The zero-order valence-corrected chi connectivity index (χ0v) is 19.2. The number of hydrogen-bond donors (Lipinski definition) is 1. The summed E-state index contributed by atoms with van der Waals surface area (Å²) in [5, 5.41) is 14.0. The highest BCUT2D eigenvalue weighted by Crippen LogP contribution is 2.27. The lowest BCUT2D eigenvalue weighted by molar-refractivity contribution is 0.620. The largest absolute Gasteiger partial charge is 0.436 e. The van der Waals surface area contributed by atoms with Crippen LogP contribution in [0, 0.1) is 18.3 Å². The predicted octanol–water partition coefficient (Wildman–Crippen LogP) is 5.06. The molecule has 0 aliphatic heterocycles. The van der Waals surface area contributed by atoms with E-state index < -0.39 is 0 Å². The third kappa shape index (κ3) is 3.39. The van der Waals surface area contributed by atoms with Gasteiger partial charge >= 0.3 is 0 Å². The van der Waals surface area contributed by atoms with Gasteiger partial charge in [-0.3, -0.25) is 9.20 Å². The second-order valence-corrected chi connectivity index (χ2v) is 8.52. The van der Waals surface area contributed by atoms with Crippen LogP contribution in [0.5, 0.6) is 0 Å². The minimum absolute atomic E-state index is 0.245. The normalized spacial score (nSPS) is 12.0. The second kappa shape index (κ2) is 7.97. The molecule has 35 heavy (non-hydrogen) atoms. The molecule has 0 bridgehead atoms. The minimum atomic E-state index is -0.245. The van der Waals surface area contributed by atoms with E-state index in [1.165, 1.54) is 4.40 Å². The molecule has 3 aromatic heterocycles. The summed E-state index contributed by atoms with van der Waals surface area (Å²) in [7, 11) is 0. The summed E-state index contributed by atoms with van der Waals surface area (Å²) in [6.45, 7) is 1.76. The number of imidazole rings is 1. The standard InChI is InChI=1S/C27H16ClN5O2/c1-15-19(13-29)25-31-21-4-2-3-5-23(21)33(25)27(34)20(15)14-30-18-10-11-24-22(12-18)32-26(35-24)16-6-8-17(28)9-7-16/h2-12,14,30H,1H3. The van der Waals surface area contributed by atoms with Crippen molar-refractivity contribution in [2.75, 3.05) is 5.32 Å². The number of hydrogen-bond acceptors (Lipinski definition) is 6. The molecule has 3 aromatic carbocycles. The molecule has 3 heterocycles. The molecule has 0 aliphatic carbocycles. The van der Waals surface area contributed by atoms with Crippen LogP contribution in [0.15, 0.2) is 75.9 Å². The van der Waals surface area contributed by atoms with Crippen LogP contribution < -0.4 is 16.1 Å². The quantitative estimate of drug-likeness (QED) is 0.383. The van der Waals surface area contributed by atoms with E-state index in [-0.39, 0.29) is 5.56 Å². The van der Waals surface area contributed by atoms with Gasteiger partial charge in [0.1, 0.15) is 11.6 Å². The van der Waals surface area contributed by atoms with Crippen molar-refractivity contribution in [3.8, 4) is 17.5 Å². The van der Waals surface area contributed by atoms with Crippen LogP contribution in [0.3, 0.4) is 0 Å². The lowest BCUT2D eigenvalue weighted by Gasteiger charge is -2.04. The topological polar surface area (TPSA) is 96.2 Å². The van der Waals surface area contributed by atoms with Crippen molar-refractivity contribution in [3.05, 3.63) is 98.5 Å². The Hall–Kier alpha value is -4.67. The summed E-state index contributed by atoms with van der Waals surface area (Å²) >= 11 is 5.97. The van der Waals surface area contributed by atoms with Crippen molar-refractivity contribution in [2.24, 2.45) is 0 Å². The van der Waals surface area contributed by atoms with Gasteiger partial charge < -0.3 is 9.73 Å². The maximum atomic E-state index is 13.4. The number of halogens is 1. The third-order valence-electron chi connectivity index (χ3n) is 5.97. The first kappa shape index (κ1) is 20.9. The van der Waals surface area contributed by atoms with Crippen molar-refractivity contribution < 1.29 is 4.42 Å². The van der Waals surface area contributed by atoms with E-state index in [4.69, 9.17) is 16.0 Å². The number of nitrogens with zero attached hydrogens (tertiary/aromatic N) is 4. The number of rotatable bonds is 3. The monoisotopic (exact) mass is 477 g/mol. The molecule has 0 saturated carbocycles. The zero-order valence-electron chi connectivity index (χ0n) is 18.4. The maximum absolute atomic E-state index is 13.4. The number of nitriles is 1. The van der Waals surface area contributed by atoms with Gasteiger partial charge in [0, 0.05) is 22.5 Å². The number of para-hydroxylation sites is 2. The highest BCUT2D eigenvalue weighted by atomic mass is 35.5. The molecule has 0 aliphatic rings. The Bertz CT molecular complexity index is 1930. The first-order valence-corrected chi connectivity index (χ1v) is 11.2. The summed E-state index contributed by atoms with van der Waals surface area (Å²) in [5.41, 5.74) is 5.24. The molecule has 6 rings (SSSR count). The smallest absolute Gasteiger partial charge is 0.265 e. The second-order valence-electron chi connectivity index (χ2n) is 8.09. The van der Waals surface area contributed by atoms with Crippen molar-refractivity contribution in [2.45, 2.75) is 6.92 Å². The number of anilines is 1. The number of fused-ring (bicyclic) bond motifs is 4. The Balaban J connectivity index is 1.44. The van der Waals surface area contributed by atoms with Gasteiger partial charge in [-0.2, -0.15) is 5.26 Å². The minimum Gasteiger partial charge on any atom is -0.436 e. The molecule has 0 atom stereocenters. The van der Waals surface area contributed by atoms with Gasteiger partial charge in [0.2, 0.25) is 5.89 Å². The van der Waals surface area contributed by atoms with Crippen molar-refractivity contribution in [1.82, 2.24) is 14.4 Å². The first-order chi connectivity index (χ1) is 17.0. The van der Waals surface area contributed by atoms with Crippen LogP contribution in [0.2, 0.25) is 5.02 Å². The third-order valence-corrected chi connectivity index (χ3v) is 6.22. The molecule has 0 fully saturated rings. The molecular formula is C27H16ClN5O2.